The molecule has 0 radical (unpaired) electrons. The molecule has 1 aromatic carbocycles. The summed E-state index contributed by atoms with van der Waals surface area (Å²) in [5, 5.41) is 12.4. The Bertz CT molecular complexity index is 364. The number of aryl methyl sites for hydroxylation is 1. The summed E-state index contributed by atoms with van der Waals surface area (Å²) in [6, 6.07) is 10.2. The topological polar surface area (TPSA) is 49.3 Å². The maximum atomic E-state index is 10.9. The predicted molar refractivity (Wildman–Crippen MR) is 73.7 cm³/mol. The van der Waals surface area contributed by atoms with Crippen molar-refractivity contribution in [1.29, 1.82) is 0 Å². The second-order valence-corrected chi connectivity index (χ2v) is 5.04. The Morgan fingerprint density at radius 3 is 2.56 bits per heavy atom. The van der Waals surface area contributed by atoms with Crippen molar-refractivity contribution in [2.45, 2.75) is 45.1 Å². The molecule has 0 spiro atoms. The molecule has 3 heteroatoms. The average molecular weight is 249 g/mol. The molecule has 0 aromatic heterocycles. The molecular weight excluding hydrogens is 226 g/mol. The van der Waals surface area contributed by atoms with Gasteiger partial charge in [-0.1, -0.05) is 37.3 Å². The molecule has 0 fully saturated rings. The third kappa shape index (κ3) is 5.32. The summed E-state index contributed by atoms with van der Waals surface area (Å²) in [4.78, 5) is 10.9. The van der Waals surface area contributed by atoms with E-state index in [4.69, 9.17) is 5.11 Å². The van der Waals surface area contributed by atoms with E-state index in [9.17, 15) is 4.79 Å². The van der Waals surface area contributed by atoms with Gasteiger partial charge in [0, 0.05) is 5.54 Å². The summed E-state index contributed by atoms with van der Waals surface area (Å²) in [7, 11) is 0. The van der Waals surface area contributed by atoms with Crippen molar-refractivity contribution in [3.8, 4) is 0 Å². The highest BCUT2D eigenvalue weighted by Crippen LogP contribution is 2.18. The standard InChI is InChI=1S/C15H23NO2/c1-3-11-16-15(2,12-14(17)18)10-9-13-7-5-4-6-8-13/h4-8,16H,3,9-12H2,1-2H3,(H,17,18). The van der Waals surface area contributed by atoms with E-state index >= 15 is 0 Å². The predicted octanol–water partition coefficient (Wildman–Crippen LogP) is 2.85. The van der Waals surface area contributed by atoms with E-state index in [0.717, 1.165) is 25.8 Å². The fourth-order valence-electron chi connectivity index (χ4n) is 2.06. The molecule has 100 valence electrons. The van der Waals surface area contributed by atoms with Crippen LogP contribution in [0.1, 0.15) is 38.7 Å². The van der Waals surface area contributed by atoms with Gasteiger partial charge in [0.1, 0.15) is 0 Å². The van der Waals surface area contributed by atoms with Gasteiger partial charge in [0.25, 0.3) is 0 Å². The monoisotopic (exact) mass is 249 g/mol. The van der Waals surface area contributed by atoms with E-state index in [2.05, 4.69) is 24.4 Å². The Kier molecular flexibility index (Phi) is 5.86. The van der Waals surface area contributed by atoms with Crippen LogP contribution >= 0.6 is 0 Å². The quantitative estimate of drug-likeness (QED) is 0.745. The van der Waals surface area contributed by atoms with Gasteiger partial charge in [0.2, 0.25) is 0 Å². The number of rotatable bonds is 8. The highest BCUT2D eigenvalue weighted by Gasteiger charge is 2.26. The lowest BCUT2D eigenvalue weighted by Gasteiger charge is -2.29. The molecule has 1 aromatic rings. The molecule has 2 N–H and O–H groups in total. The van der Waals surface area contributed by atoms with Crippen molar-refractivity contribution in [2.24, 2.45) is 0 Å². The first-order chi connectivity index (χ1) is 8.56. The highest BCUT2D eigenvalue weighted by molar-refractivity contribution is 5.68. The van der Waals surface area contributed by atoms with E-state index in [-0.39, 0.29) is 12.0 Å². The zero-order chi connectivity index (χ0) is 13.4. The second kappa shape index (κ2) is 7.17. The van der Waals surface area contributed by atoms with E-state index in [1.807, 2.05) is 25.1 Å². The van der Waals surface area contributed by atoms with Crippen LogP contribution in [0.15, 0.2) is 30.3 Å². The van der Waals surface area contributed by atoms with Crippen LogP contribution in [0, 0.1) is 0 Å². The van der Waals surface area contributed by atoms with Crippen LogP contribution in [0.4, 0.5) is 0 Å². The SMILES string of the molecule is CCCNC(C)(CCc1ccccc1)CC(=O)O. The average Bonchev–Trinajstić information content (AvgIpc) is 2.35. The third-order valence-corrected chi connectivity index (χ3v) is 3.15. The van der Waals surface area contributed by atoms with Gasteiger partial charge in [-0.15, -0.1) is 0 Å². The molecule has 3 nitrogen and oxygen atoms in total. The highest BCUT2D eigenvalue weighted by atomic mass is 16.4. The third-order valence-electron chi connectivity index (χ3n) is 3.15. The number of hydrogen-bond acceptors (Lipinski definition) is 2. The normalized spacial score (nSPS) is 14.1. The molecule has 0 aliphatic heterocycles. The minimum Gasteiger partial charge on any atom is -0.481 e. The van der Waals surface area contributed by atoms with Crippen LogP contribution in [-0.2, 0) is 11.2 Å². The molecule has 1 unspecified atom stereocenters. The van der Waals surface area contributed by atoms with Gasteiger partial charge in [-0.25, -0.2) is 0 Å². The fraction of sp³-hybridized carbons (Fsp3) is 0.533. The van der Waals surface area contributed by atoms with Crippen LogP contribution < -0.4 is 5.32 Å². The summed E-state index contributed by atoms with van der Waals surface area (Å²) < 4.78 is 0. The smallest absolute Gasteiger partial charge is 0.305 e. The first-order valence-corrected chi connectivity index (χ1v) is 6.56. The molecule has 1 atom stereocenters. The number of nitrogens with one attached hydrogen (secondary N) is 1. The lowest BCUT2D eigenvalue weighted by atomic mass is 9.89. The number of hydrogen-bond donors (Lipinski definition) is 2. The molecule has 0 saturated heterocycles. The van der Waals surface area contributed by atoms with Crippen LogP contribution in [0.25, 0.3) is 0 Å². The van der Waals surface area contributed by atoms with E-state index in [1.54, 1.807) is 0 Å². The lowest BCUT2D eigenvalue weighted by Crippen LogP contribution is -2.45. The van der Waals surface area contributed by atoms with Crippen LogP contribution in [0.5, 0.6) is 0 Å². The molecule has 0 bridgehead atoms. The Morgan fingerprint density at radius 1 is 1.33 bits per heavy atom. The van der Waals surface area contributed by atoms with E-state index in [1.165, 1.54) is 5.56 Å². The first kappa shape index (κ1) is 14.7. The summed E-state index contributed by atoms with van der Waals surface area (Å²) in [6.07, 6.45) is 2.92. The number of benzene rings is 1. The Hall–Kier alpha value is -1.35. The fourth-order valence-corrected chi connectivity index (χ4v) is 2.06. The van der Waals surface area contributed by atoms with Crippen molar-refractivity contribution in [2.75, 3.05) is 6.54 Å². The Morgan fingerprint density at radius 2 is 2.00 bits per heavy atom. The zero-order valence-corrected chi connectivity index (χ0v) is 11.3. The van der Waals surface area contributed by atoms with Gasteiger partial charge in [0.15, 0.2) is 0 Å². The molecule has 18 heavy (non-hydrogen) atoms. The van der Waals surface area contributed by atoms with E-state index < -0.39 is 5.97 Å². The molecule has 0 amide bonds. The maximum Gasteiger partial charge on any atom is 0.305 e. The second-order valence-electron chi connectivity index (χ2n) is 5.04. The molecule has 0 aliphatic rings. The summed E-state index contributed by atoms with van der Waals surface area (Å²) >= 11 is 0. The molecule has 1 rings (SSSR count). The Labute approximate surface area is 109 Å². The van der Waals surface area contributed by atoms with Gasteiger partial charge in [-0.05, 0) is 38.3 Å². The van der Waals surface area contributed by atoms with Gasteiger partial charge in [-0.3, -0.25) is 4.79 Å². The number of aliphatic carboxylic acids is 1. The van der Waals surface area contributed by atoms with Crippen molar-refractivity contribution >= 4 is 5.97 Å². The van der Waals surface area contributed by atoms with Crippen molar-refractivity contribution in [3.63, 3.8) is 0 Å². The van der Waals surface area contributed by atoms with Gasteiger partial charge < -0.3 is 10.4 Å². The zero-order valence-electron chi connectivity index (χ0n) is 11.3. The minimum absolute atomic E-state index is 0.167. The van der Waals surface area contributed by atoms with Gasteiger partial charge in [-0.2, -0.15) is 0 Å². The minimum atomic E-state index is -0.742. The van der Waals surface area contributed by atoms with Crippen LogP contribution in [-0.4, -0.2) is 23.2 Å². The van der Waals surface area contributed by atoms with Crippen molar-refractivity contribution in [3.05, 3.63) is 35.9 Å². The van der Waals surface area contributed by atoms with Crippen molar-refractivity contribution in [1.82, 2.24) is 5.32 Å². The van der Waals surface area contributed by atoms with E-state index in [0.29, 0.717) is 0 Å². The lowest BCUT2D eigenvalue weighted by molar-refractivity contribution is -0.138. The number of carbonyl (C=O) groups is 1. The maximum absolute atomic E-state index is 10.9. The largest absolute Gasteiger partial charge is 0.481 e. The number of carboxylic acids is 1. The van der Waals surface area contributed by atoms with Crippen LogP contribution in [0.2, 0.25) is 0 Å². The van der Waals surface area contributed by atoms with Gasteiger partial charge >= 0.3 is 5.97 Å². The summed E-state index contributed by atoms with van der Waals surface area (Å²) in [6.45, 7) is 4.95. The number of carboxylic acid groups (broad SMARTS) is 1. The Balaban J connectivity index is 2.57. The first-order valence-electron chi connectivity index (χ1n) is 6.56. The van der Waals surface area contributed by atoms with Crippen molar-refractivity contribution < 1.29 is 9.90 Å². The van der Waals surface area contributed by atoms with Gasteiger partial charge in [0.05, 0.1) is 6.42 Å². The summed E-state index contributed by atoms with van der Waals surface area (Å²) in [5.74, 6) is -0.742. The molecule has 0 aliphatic carbocycles. The molecule has 0 saturated carbocycles. The molecule has 0 heterocycles. The molecular formula is C15H23NO2. The van der Waals surface area contributed by atoms with Crippen LogP contribution in [0.3, 0.4) is 0 Å². The summed E-state index contributed by atoms with van der Waals surface area (Å²) in [5.41, 5.74) is 0.935.